The molecule has 1 heterocycles. The van der Waals surface area contributed by atoms with Gasteiger partial charge in [0, 0.05) is 18.9 Å². The summed E-state index contributed by atoms with van der Waals surface area (Å²) in [5.41, 5.74) is 0.383. The molecule has 2 aromatic carbocycles. The second-order valence-electron chi connectivity index (χ2n) is 6.08. The van der Waals surface area contributed by atoms with Crippen LogP contribution in [0.1, 0.15) is 18.5 Å². The minimum Gasteiger partial charge on any atom is -0.328 e. The predicted octanol–water partition coefficient (Wildman–Crippen LogP) is 4.68. The van der Waals surface area contributed by atoms with E-state index in [0.717, 1.165) is 6.07 Å². The number of amides is 2. The van der Waals surface area contributed by atoms with Gasteiger partial charge >= 0.3 is 6.03 Å². The third-order valence-electron chi connectivity index (χ3n) is 4.43. The highest BCUT2D eigenvalue weighted by atomic mass is 35.5. The Morgan fingerprint density at radius 1 is 1.22 bits per heavy atom. The second kappa shape index (κ2) is 7.36. The van der Waals surface area contributed by atoms with Gasteiger partial charge in [0.15, 0.2) is 0 Å². The average molecular weight is 392 g/mol. The number of hydrogen-bond donors (Lipinski definition) is 2. The normalized spacial score (nSPS) is 12.0. The van der Waals surface area contributed by atoms with Crippen LogP contribution in [0, 0.1) is 11.6 Å². The third-order valence-corrected chi connectivity index (χ3v) is 4.72. The highest BCUT2D eigenvalue weighted by Gasteiger charge is 2.21. The molecule has 5 nitrogen and oxygen atoms in total. The van der Waals surface area contributed by atoms with Gasteiger partial charge in [-0.25, -0.2) is 13.6 Å². The van der Waals surface area contributed by atoms with Crippen LogP contribution in [0.3, 0.4) is 0 Å². The summed E-state index contributed by atoms with van der Waals surface area (Å²) in [6, 6.07) is 7.24. The number of pyridine rings is 1. The summed E-state index contributed by atoms with van der Waals surface area (Å²) in [7, 11) is 1.56. The van der Waals surface area contributed by atoms with E-state index in [1.807, 2.05) is 0 Å². The number of carbonyl (C=O) groups is 1. The summed E-state index contributed by atoms with van der Waals surface area (Å²) < 4.78 is 27.3. The number of urea groups is 1. The van der Waals surface area contributed by atoms with Crippen molar-refractivity contribution < 1.29 is 13.6 Å². The predicted molar refractivity (Wildman–Crippen MR) is 101 cm³/mol. The van der Waals surface area contributed by atoms with Gasteiger partial charge in [-0.15, -0.1) is 0 Å². The highest BCUT2D eigenvalue weighted by Crippen LogP contribution is 2.27. The van der Waals surface area contributed by atoms with Crippen LogP contribution in [0.2, 0.25) is 5.02 Å². The molecule has 0 spiro atoms. The van der Waals surface area contributed by atoms with Crippen LogP contribution in [-0.2, 0) is 0 Å². The Morgan fingerprint density at radius 3 is 2.67 bits per heavy atom. The van der Waals surface area contributed by atoms with Crippen LogP contribution in [0.15, 0.2) is 47.4 Å². The van der Waals surface area contributed by atoms with Gasteiger partial charge in [0.25, 0.3) is 5.56 Å². The second-order valence-corrected chi connectivity index (χ2v) is 6.49. The average Bonchev–Trinajstić information content (AvgIpc) is 2.64. The molecular weight excluding hydrogens is 376 g/mol. The van der Waals surface area contributed by atoms with Gasteiger partial charge in [-0.05, 0) is 42.1 Å². The molecule has 0 saturated carbocycles. The van der Waals surface area contributed by atoms with Gasteiger partial charge in [-0.3, -0.25) is 4.79 Å². The van der Waals surface area contributed by atoms with Crippen LogP contribution in [0.25, 0.3) is 10.8 Å². The lowest BCUT2D eigenvalue weighted by Gasteiger charge is -2.26. The fraction of sp³-hybridized carbons (Fsp3) is 0.158. The fourth-order valence-corrected chi connectivity index (χ4v) is 2.98. The number of hydrogen-bond acceptors (Lipinski definition) is 2. The molecule has 0 aliphatic heterocycles. The summed E-state index contributed by atoms with van der Waals surface area (Å²) in [4.78, 5) is 28.4. The van der Waals surface area contributed by atoms with Crippen molar-refractivity contribution in [2.24, 2.45) is 0 Å². The highest BCUT2D eigenvalue weighted by molar-refractivity contribution is 6.31. The number of benzene rings is 2. The summed E-state index contributed by atoms with van der Waals surface area (Å²) in [6.45, 7) is 1.75. The number of carbonyl (C=O) groups excluding carboxylic acids is 1. The fourth-order valence-electron chi connectivity index (χ4n) is 2.80. The summed E-state index contributed by atoms with van der Waals surface area (Å²) >= 11 is 5.72. The maximum absolute atomic E-state index is 14.1. The molecule has 27 heavy (non-hydrogen) atoms. The summed E-state index contributed by atoms with van der Waals surface area (Å²) in [5.74, 6) is -1.21. The molecule has 0 aliphatic carbocycles. The molecule has 0 saturated heterocycles. The first-order valence-electron chi connectivity index (χ1n) is 8.08. The zero-order chi connectivity index (χ0) is 19.7. The lowest BCUT2D eigenvalue weighted by Crippen LogP contribution is -2.34. The van der Waals surface area contributed by atoms with E-state index < -0.39 is 29.3 Å². The van der Waals surface area contributed by atoms with E-state index in [1.54, 1.807) is 20.0 Å². The largest absolute Gasteiger partial charge is 0.328 e. The molecule has 2 N–H and O–H groups in total. The molecule has 1 atom stereocenters. The Balaban J connectivity index is 1.90. The number of aromatic nitrogens is 1. The third kappa shape index (κ3) is 3.64. The van der Waals surface area contributed by atoms with Gasteiger partial charge in [-0.1, -0.05) is 23.7 Å². The lowest BCUT2D eigenvalue weighted by molar-refractivity contribution is 0.208. The van der Waals surface area contributed by atoms with Crippen molar-refractivity contribution in [3.05, 3.63) is 75.2 Å². The summed E-state index contributed by atoms with van der Waals surface area (Å²) in [6.07, 6.45) is 1.47. The van der Waals surface area contributed by atoms with E-state index in [9.17, 15) is 18.4 Å². The molecule has 3 aromatic rings. The summed E-state index contributed by atoms with van der Waals surface area (Å²) in [5, 5.41) is 2.89. The smallest absolute Gasteiger partial charge is 0.322 e. The molecule has 0 bridgehead atoms. The van der Waals surface area contributed by atoms with Crippen molar-refractivity contribution in [1.29, 1.82) is 0 Å². The molecule has 3 rings (SSSR count). The van der Waals surface area contributed by atoms with E-state index in [1.165, 1.54) is 35.4 Å². The van der Waals surface area contributed by atoms with Crippen LogP contribution in [0.5, 0.6) is 0 Å². The number of halogens is 3. The van der Waals surface area contributed by atoms with Crippen LogP contribution < -0.4 is 10.9 Å². The monoisotopic (exact) mass is 391 g/mol. The number of anilines is 1. The van der Waals surface area contributed by atoms with Crippen molar-refractivity contribution >= 4 is 34.1 Å². The molecule has 2 amide bonds. The van der Waals surface area contributed by atoms with Crippen molar-refractivity contribution in [2.75, 3.05) is 12.4 Å². The molecule has 0 fully saturated rings. The minimum atomic E-state index is -0.629. The SMILES string of the molecule is C[C@H](c1c[nH]c(=O)c2c(F)cccc12)N(C)C(=O)Nc1ccc(F)c(Cl)c1. The van der Waals surface area contributed by atoms with Crippen molar-refractivity contribution in [3.63, 3.8) is 0 Å². The van der Waals surface area contributed by atoms with Gasteiger partial charge < -0.3 is 15.2 Å². The molecule has 140 valence electrons. The number of aromatic amines is 1. The number of fused-ring (bicyclic) bond motifs is 1. The lowest BCUT2D eigenvalue weighted by atomic mass is 10.0. The van der Waals surface area contributed by atoms with Crippen molar-refractivity contribution in [1.82, 2.24) is 9.88 Å². The quantitative estimate of drug-likeness (QED) is 0.680. The Kier molecular flexibility index (Phi) is 5.14. The van der Waals surface area contributed by atoms with E-state index >= 15 is 0 Å². The molecule has 1 aromatic heterocycles. The molecular formula is C19H16ClF2N3O2. The van der Waals surface area contributed by atoms with E-state index in [2.05, 4.69) is 10.3 Å². The van der Waals surface area contributed by atoms with Gasteiger partial charge in [-0.2, -0.15) is 0 Å². The Bertz CT molecular complexity index is 1080. The van der Waals surface area contributed by atoms with E-state index in [0.29, 0.717) is 16.6 Å². The maximum Gasteiger partial charge on any atom is 0.322 e. The van der Waals surface area contributed by atoms with Crippen LogP contribution >= 0.6 is 11.6 Å². The number of H-pyrrole nitrogens is 1. The number of nitrogens with one attached hydrogen (secondary N) is 2. The molecule has 8 heteroatoms. The Morgan fingerprint density at radius 2 is 1.96 bits per heavy atom. The van der Waals surface area contributed by atoms with Crippen LogP contribution in [-0.4, -0.2) is 23.0 Å². The Hall–Kier alpha value is -2.93. The first-order valence-corrected chi connectivity index (χ1v) is 8.46. The number of nitrogens with zero attached hydrogens (tertiary/aromatic N) is 1. The van der Waals surface area contributed by atoms with Crippen LogP contribution in [0.4, 0.5) is 19.3 Å². The van der Waals surface area contributed by atoms with Crippen molar-refractivity contribution in [2.45, 2.75) is 13.0 Å². The zero-order valence-electron chi connectivity index (χ0n) is 14.5. The molecule has 0 aliphatic rings. The first kappa shape index (κ1) is 18.8. The standard InChI is InChI=1S/C19H16ClF2N3O2/c1-10(13-9-23-18(26)17-12(13)4-3-5-16(17)22)25(2)19(27)24-11-6-7-15(21)14(20)8-11/h3-10H,1-2H3,(H,23,26)(H,24,27)/t10-/m1/s1. The minimum absolute atomic E-state index is 0.0547. The Labute approximate surface area is 158 Å². The van der Waals surface area contributed by atoms with Gasteiger partial charge in [0.1, 0.15) is 11.6 Å². The van der Waals surface area contributed by atoms with E-state index in [-0.39, 0.29) is 10.4 Å². The molecule has 0 unspecified atom stereocenters. The van der Waals surface area contributed by atoms with Crippen molar-refractivity contribution in [3.8, 4) is 0 Å². The maximum atomic E-state index is 14.1. The van der Waals surface area contributed by atoms with Gasteiger partial charge in [0.05, 0.1) is 16.5 Å². The first-order chi connectivity index (χ1) is 12.8. The van der Waals surface area contributed by atoms with Gasteiger partial charge in [0.2, 0.25) is 0 Å². The zero-order valence-corrected chi connectivity index (χ0v) is 15.3. The molecule has 0 radical (unpaired) electrons. The topological polar surface area (TPSA) is 65.2 Å². The number of rotatable bonds is 3. The van der Waals surface area contributed by atoms with E-state index in [4.69, 9.17) is 11.6 Å².